The van der Waals surface area contributed by atoms with E-state index in [2.05, 4.69) is 0 Å². The minimum Gasteiger partial charge on any atom is -0.481 e. The molecule has 0 saturated heterocycles. The van der Waals surface area contributed by atoms with Gasteiger partial charge >= 0.3 is 5.97 Å². The molecule has 0 aliphatic carbocycles. The van der Waals surface area contributed by atoms with E-state index >= 15 is 0 Å². The van der Waals surface area contributed by atoms with Crippen LogP contribution < -0.4 is 0 Å². The molecule has 0 bridgehead atoms. The molecule has 0 radical (unpaired) electrons. The molecular formula is C15H23NO3. The Morgan fingerprint density at radius 1 is 1.37 bits per heavy atom. The summed E-state index contributed by atoms with van der Waals surface area (Å²) in [7, 11) is 0. The number of nitrogens with zero attached hydrogens (tertiary/aromatic N) is 1. The largest absolute Gasteiger partial charge is 0.481 e. The third kappa shape index (κ3) is 4.65. The number of hydrogen-bond acceptors (Lipinski definition) is 3. The van der Waals surface area contributed by atoms with E-state index in [1.807, 2.05) is 49.1 Å². The van der Waals surface area contributed by atoms with Crippen molar-refractivity contribution in [3.8, 4) is 0 Å². The van der Waals surface area contributed by atoms with Crippen molar-refractivity contribution in [3.63, 3.8) is 0 Å². The van der Waals surface area contributed by atoms with Gasteiger partial charge in [0.25, 0.3) is 0 Å². The highest BCUT2D eigenvalue weighted by Crippen LogP contribution is 2.22. The molecule has 0 saturated carbocycles. The normalized spacial score (nSPS) is 16.1. The van der Waals surface area contributed by atoms with Gasteiger partial charge in [-0.3, -0.25) is 9.69 Å². The van der Waals surface area contributed by atoms with Gasteiger partial charge in [-0.1, -0.05) is 37.3 Å². The third-order valence-electron chi connectivity index (χ3n) is 3.41. The molecule has 1 aromatic carbocycles. The lowest BCUT2D eigenvalue weighted by atomic mass is 9.94. The van der Waals surface area contributed by atoms with Crippen LogP contribution in [0.1, 0.15) is 32.8 Å². The number of carbonyl (C=O) groups is 1. The molecule has 0 aromatic heterocycles. The number of hydrogen-bond donors (Lipinski definition) is 2. The van der Waals surface area contributed by atoms with Gasteiger partial charge in [-0.15, -0.1) is 0 Å². The fraction of sp³-hybridized carbons (Fsp3) is 0.533. The van der Waals surface area contributed by atoms with Crippen LogP contribution in [0.2, 0.25) is 0 Å². The first kappa shape index (κ1) is 15.7. The van der Waals surface area contributed by atoms with E-state index in [-0.39, 0.29) is 12.5 Å². The van der Waals surface area contributed by atoms with Crippen molar-refractivity contribution in [3.05, 3.63) is 35.9 Å². The second kappa shape index (κ2) is 6.68. The van der Waals surface area contributed by atoms with E-state index in [0.717, 1.165) is 5.56 Å². The zero-order valence-corrected chi connectivity index (χ0v) is 11.8. The standard InChI is InChI=1S/C15H23NO3/c1-4-16(12(2)10-14(17)18)11-15(3,19)13-8-6-5-7-9-13/h5-9,12,19H,4,10-11H2,1-3H3,(H,17,18). The monoisotopic (exact) mass is 265 g/mol. The molecule has 1 rings (SSSR count). The molecule has 0 spiro atoms. The van der Waals surface area contributed by atoms with Gasteiger partial charge in [-0.25, -0.2) is 0 Å². The highest BCUT2D eigenvalue weighted by Gasteiger charge is 2.28. The van der Waals surface area contributed by atoms with Crippen molar-refractivity contribution in [1.29, 1.82) is 0 Å². The quantitative estimate of drug-likeness (QED) is 0.792. The first-order chi connectivity index (χ1) is 8.86. The summed E-state index contributed by atoms with van der Waals surface area (Å²) in [5.74, 6) is -0.815. The van der Waals surface area contributed by atoms with E-state index in [1.54, 1.807) is 6.92 Å². The fourth-order valence-electron chi connectivity index (χ4n) is 2.25. The number of aliphatic hydroxyl groups is 1. The predicted molar refractivity (Wildman–Crippen MR) is 75.0 cm³/mol. The molecule has 1 aromatic rings. The van der Waals surface area contributed by atoms with Gasteiger partial charge in [0.05, 0.1) is 12.0 Å². The Kier molecular flexibility index (Phi) is 5.51. The summed E-state index contributed by atoms with van der Waals surface area (Å²) < 4.78 is 0. The van der Waals surface area contributed by atoms with Crippen LogP contribution >= 0.6 is 0 Å². The lowest BCUT2D eigenvalue weighted by molar-refractivity contribution is -0.138. The van der Waals surface area contributed by atoms with Crippen molar-refractivity contribution >= 4 is 5.97 Å². The van der Waals surface area contributed by atoms with Crippen molar-refractivity contribution in [2.45, 2.75) is 38.8 Å². The van der Waals surface area contributed by atoms with Crippen LogP contribution in [0.5, 0.6) is 0 Å². The number of carboxylic acids is 1. The Morgan fingerprint density at radius 2 is 1.95 bits per heavy atom. The van der Waals surface area contributed by atoms with Gasteiger partial charge in [0, 0.05) is 12.6 Å². The van der Waals surface area contributed by atoms with Gasteiger partial charge in [-0.2, -0.15) is 0 Å². The fourth-order valence-corrected chi connectivity index (χ4v) is 2.25. The zero-order chi connectivity index (χ0) is 14.5. The summed E-state index contributed by atoms with van der Waals surface area (Å²) in [6.45, 7) is 6.73. The van der Waals surface area contributed by atoms with E-state index in [0.29, 0.717) is 13.1 Å². The summed E-state index contributed by atoms with van der Waals surface area (Å²) in [5, 5.41) is 19.4. The highest BCUT2D eigenvalue weighted by atomic mass is 16.4. The van der Waals surface area contributed by atoms with Crippen LogP contribution in [0.15, 0.2) is 30.3 Å². The van der Waals surface area contributed by atoms with Gasteiger partial charge in [0.1, 0.15) is 0 Å². The third-order valence-corrected chi connectivity index (χ3v) is 3.41. The molecule has 4 heteroatoms. The van der Waals surface area contributed by atoms with Crippen LogP contribution in [0.4, 0.5) is 0 Å². The van der Waals surface area contributed by atoms with Crippen LogP contribution in [-0.2, 0) is 10.4 Å². The Hall–Kier alpha value is -1.39. The minimum atomic E-state index is -0.982. The molecule has 0 aliphatic heterocycles. The van der Waals surface area contributed by atoms with Crippen LogP contribution in [-0.4, -0.2) is 40.2 Å². The van der Waals surface area contributed by atoms with E-state index in [1.165, 1.54) is 0 Å². The number of benzene rings is 1. The molecule has 0 heterocycles. The molecule has 2 N–H and O–H groups in total. The van der Waals surface area contributed by atoms with Gasteiger partial charge in [-0.05, 0) is 26.0 Å². The number of carboxylic acid groups (broad SMARTS) is 1. The average Bonchev–Trinajstić information content (AvgIpc) is 2.36. The van der Waals surface area contributed by atoms with Crippen molar-refractivity contribution in [1.82, 2.24) is 4.90 Å². The lowest BCUT2D eigenvalue weighted by Crippen LogP contribution is -2.44. The highest BCUT2D eigenvalue weighted by molar-refractivity contribution is 5.67. The smallest absolute Gasteiger partial charge is 0.304 e. The summed E-state index contributed by atoms with van der Waals surface area (Å²) in [5.41, 5.74) is -0.139. The molecule has 4 nitrogen and oxygen atoms in total. The van der Waals surface area contributed by atoms with E-state index < -0.39 is 11.6 Å². The molecule has 0 fully saturated rings. The Labute approximate surface area is 114 Å². The van der Waals surface area contributed by atoms with Crippen LogP contribution in [0, 0.1) is 0 Å². The topological polar surface area (TPSA) is 60.8 Å². The molecule has 2 atom stereocenters. The maximum Gasteiger partial charge on any atom is 0.304 e. The van der Waals surface area contributed by atoms with Crippen LogP contribution in [0.25, 0.3) is 0 Å². The van der Waals surface area contributed by atoms with Gasteiger partial charge in [0.15, 0.2) is 0 Å². The zero-order valence-electron chi connectivity index (χ0n) is 11.8. The molecule has 2 unspecified atom stereocenters. The molecule has 106 valence electrons. The first-order valence-electron chi connectivity index (χ1n) is 6.60. The summed E-state index contributed by atoms with van der Waals surface area (Å²) in [6, 6.07) is 9.36. The average molecular weight is 265 g/mol. The summed E-state index contributed by atoms with van der Waals surface area (Å²) in [4.78, 5) is 12.8. The van der Waals surface area contributed by atoms with Crippen molar-refractivity contribution in [2.75, 3.05) is 13.1 Å². The molecule has 19 heavy (non-hydrogen) atoms. The lowest BCUT2D eigenvalue weighted by Gasteiger charge is -2.34. The minimum absolute atomic E-state index is 0.0821. The SMILES string of the molecule is CCN(CC(C)(O)c1ccccc1)C(C)CC(=O)O. The Balaban J connectivity index is 2.77. The predicted octanol–water partition coefficient (Wildman–Crippen LogP) is 2.08. The van der Waals surface area contributed by atoms with Crippen molar-refractivity contribution in [2.24, 2.45) is 0 Å². The second-order valence-electron chi connectivity index (χ2n) is 5.15. The number of rotatable bonds is 7. The second-order valence-corrected chi connectivity index (χ2v) is 5.15. The maximum absolute atomic E-state index is 10.8. The van der Waals surface area contributed by atoms with E-state index in [9.17, 15) is 9.90 Å². The first-order valence-corrected chi connectivity index (χ1v) is 6.60. The molecular weight excluding hydrogens is 242 g/mol. The molecule has 0 aliphatic rings. The van der Waals surface area contributed by atoms with Gasteiger partial charge in [0.2, 0.25) is 0 Å². The maximum atomic E-state index is 10.8. The summed E-state index contributed by atoms with van der Waals surface area (Å²) in [6.07, 6.45) is 0.0821. The Morgan fingerprint density at radius 3 is 2.42 bits per heavy atom. The van der Waals surface area contributed by atoms with Crippen LogP contribution in [0.3, 0.4) is 0 Å². The molecule has 0 amide bonds. The van der Waals surface area contributed by atoms with Gasteiger partial charge < -0.3 is 10.2 Å². The van der Waals surface area contributed by atoms with Crippen molar-refractivity contribution < 1.29 is 15.0 Å². The summed E-state index contributed by atoms with van der Waals surface area (Å²) >= 11 is 0. The number of likely N-dealkylation sites (N-methyl/N-ethyl adjacent to an activating group) is 1. The number of aliphatic carboxylic acids is 1. The Bertz CT molecular complexity index is 403. The van der Waals surface area contributed by atoms with E-state index in [4.69, 9.17) is 5.11 Å².